The third kappa shape index (κ3) is 4.38. The Bertz CT molecular complexity index is 534. The van der Waals surface area contributed by atoms with Gasteiger partial charge in [0.15, 0.2) is 0 Å². The van der Waals surface area contributed by atoms with Crippen LogP contribution < -0.4 is 5.14 Å². The van der Waals surface area contributed by atoms with Gasteiger partial charge < -0.3 is 4.74 Å². The molecule has 1 aromatic carbocycles. The summed E-state index contributed by atoms with van der Waals surface area (Å²) in [6.07, 6.45) is 2.69. The van der Waals surface area contributed by atoms with E-state index in [1.165, 1.54) is 24.3 Å². The van der Waals surface area contributed by atoms with E-state index in [4.69, 9.17) is 9.88 Å². The van der Waals surface area contributed by atoms with Crippen molar-refractivity contribution in [1.82, 2.24) is 0 Å². The third-order valence-electron chi connectivity index (χ3n) is 1.89. The minimum absolute atomic E-state index is 0.00325. The molecule has 1 aromatic rings. The van der Waals surface area contributed by atoms with Crippen LogP contribution in [0.1, 0.15) is 12.5 Å². The highest BCUT2D eigenvalue weighted by Gasteiger charge is 2.06. The number of esters is 1. The molecule has 0 aliphatic carbocycles. The number of nitrogens with two attached hydrogens (primary N) is 1. The molecule has 92 valence electrons. The highest BCUT2D eigenvalue weighted by Crippen LogP contribution is 2.11. The van der Waals surface area contributed by atoms with Crippen LogP contribution in [0.2, 0.25) is 0 Å². The molecule has 0 aliphatic heterocycles. The molecule has 5 nitrogen and oxygen atoms in total. The topological polar surface area (TPSA) is 86.5 Å². The number of rotatable bonds is 4. The van der Waals surface area contributed by atoms with Crippen LogP contribution in [0.3, 0.4) is 0 Å². The van der Waals surface area contributed by atoms with E-state index >= 15 is 0 Å². The third-order valence-corrected chi connectivity index (χ3v) is 2.80. The minimum Gasteiger partial charge on any atom is -0.463 e. The zero-order chi connectivity index (χ0) is 12.9. The van der Waals surface area contributed by atoms with Crippen LogP contribution in [0.15, 0.2) is 35.2 Å². The lowest BCUT2D eigenvalue weighted by Crippen LogP contribution is -2.11. The Morgan fingerprint density at radius 1 is 1.47 bits per heavy atom. The van der Waals surface area contributed by atoms with E-state index in [2.05, 4.69) is 0 Å². The molecule has 0 saturated carbocycles. The van der Waals surface area contributed by atoms with Crippen LogP contribution in [0.25, 0.3) is 6.08 Å². The van der Waals surface area contributed by atoms with Gasteiger partial charge in [-0.05, 0) is 30.7 Å². The Morgan fingerprint density at radius 3 is 2.76 bits per heavy atom. The van der Waals surface area contributed by atoms with Crippen molar-refractivity contribution >= 4 is 22.1 Å². The molecule has 0 aliphatic rings. The van der Waals surface area contributed by atoms with Gasteiger partial charge in [0, 0.05) is 6.08 Å². The van der Waals surface area contributed by atoms with Gasteiger partial charge in [-0.25, -0.2) is 18.4 Å². The summed E-state index contributed by atoms with van der Waals surface area (Å²) in [4.78, 5) is 11.0. The number of primary sulfonamides is 1. The van der Waals surface area contributed by atoms with Crippen molar-refractivity contribution < 1.29 is 17.9 Å². The number of carbonyl (C=O) groups is 1. The van der Waals surface area contributed by atoms with Crippen molar-refractivity contribution in [3.63, 3.8) is 0 Å². The second-order valence-electron chi connectivity index (χ2n) is 3.20. The highest BCUT2D eigenvalue weighted by atomic mass is 32.2. The molecule has 2 N–H and O–H groups in total. The second-order valence-corrected chi connectivity index (χ2v) is 4.76. The van der Waals surface area contributed by atoms with Gasteiger partial charge in [-0.3, -0.25) is 0 Å². The first-order valence-electron chi connectivity index (χ1n) is 4.91. The zero-order valence-electron chi connectivity index (χ0n) is 9.29. The van der Waals surface area contributed by atoms with Crippen LogP contribution >= 0.6 is 0 Å². The van der Waals surface area contributed by atoms with E-state index < -0.39 is 16.0 Å². The predicted molar refractivity (Wildman–Crippen MR) is 63.5 cm³/mol. The van der Waals surface area contributed by atoms with Crippen LogP contribution in [-0.4, -0.2) is 21.0 Å². The van der Waals surface area contributed by atoms with Gasteiger partial charge >= 0.3 is 5.97 Å². The fourth-order valence-electron chi connectivity index (χ4n) is 1.15. The molecule has 0 spiro atoms. The first kappa shape index (κ1) is 13.4. The molecule has 0 saturated heterocycles. The van der Waals surface area contributed by atoms with Crippen molar-refractivity contribution in [3.05, 3.63) is 35.9 Å². The molecule has 0 heterocycles. The largest absolute Gasteiger partial charge is 0.463 e. The standard InChI is InChI=1S/C11H13NO4S/c1-2-16-11(13)7-6-9-4-3-5-10(8-9)17(12,14)15/h3-8H,2H2,1H3,(H2,12,14,15). The smallest absolute Gasteiger partial charge is 0.330 e. The lowest BCUT2D eigenvalue weighted by atomic mass is 10.2. The Labute approximate surface area is 99.9 Å². The summed E-state index contributed by atoms with van der Waals surface area (Å²) in [6, 6.07) is 5.97. The predicted octanol–water partition coefficient (Wildman–Crippen LogP) is 0.910. The Kier molecular flexibility index (Phi) is 4.42. The molecule has 0 aromatic heterocycles. The summed E-state index contributed by atoms with van der Waals surface area (Å²) in [5, 5.41) is 4.99. The second kappa shape index (κ2) is 5.60. The van der Waals surface area contributed by atoms with Crippen molar-refractivity contribution in [3.8, 4) is 0 Å². The van der Waals surface area contributed by atoms with E-state index in [-0.39, 0.29) is 4.90 Å². The van der Waals surface area contributed by atoms with Crippen molar-refractivity contribution in [2.75, 3.05) is 6.61 Å². The number of benzene rings is 1. The lowest BCUT2D eigenvalue weighted by Gasteiger charge is -1.99. The summed E-state index contributed by atoms with van der Waals surface area (Å²) >= 11 is 0. The zero-order valence-corrected chi connectivity index (χ0v) is 10.1. The summed E-state index contributed by atoms with van der Waals surface area (Å²) in [5.74, 6) is -0.478. The monoisotopic (exact) mass is 255 g/mol. The van der Waals surface area contributed by atoms with E-state index in [1.807, 2.05) is 0 Å². The van der Waals surface area contributed by atoms with E-state index in [9.17, 15) is 13.2 Å². The van der Waals surface area contributed by atoms with Gasteiger partial charge in [0.25, 0.3) is 0 Å². The van der Waals surface area contributed by atoms with E-state index in [1.54, 1.807) is 19.1 Å². The molecule has 0 bridgehead atoms. The number of hydrogen-bond acceptors (Lipinski definition) is 4. The molecule has 1 rings (SSSR count). The molecular weight excluding hydrogens is 242 g/mol. The fourth-order valence-corrected chi connectivity index (χ4v) is 1.72. The number of sulfonamides is 1. The van der Waals surface area contributed by atoms with Crippen molar-refractivity contribution in [2.45, 2.75) is 11.8 Å². The molecule has 17 heavy (non-hydrogen) atoms. The number of hydrogen-bond donors (Lipinski definition) is 1. The van der Waals surface area contributed by atoms with E-state index in [0.717, 1.165) is 0 Å². The Hall–Kier alpha value is -1.66. The van der Waals surface area contributed by atoms with E-state index in [0.29, 0.717) is 12.2 Å². The molecule has 0 fully saturated rings. The minimum atomic E-state index is -3.72. The van der Waals surface area contributed by atoms with Gasteiger partial charge in [0.05, 0.1) is 11.5 Å². The summed E-state index contributed by atoms with van der Waals surface area (Å²) in [7, 11) is -3.72. The molecule has 0 atom stereocenters. The number of carbonyl (C=O) groups excluding carboxylic acids is 1. The number of ether oxygens (including phenoxy) is 1. The summed E-state index contributed by atoms with van der Waals surface area (Å²) < 4.78 is 26.9. The van der Waals surface area contributed by atoms with Crippen molar-refractivity contribution in [1.29, 1.82) is 0 Å². The first-order valence-corrected chi connectivity index (χ1v) is 6.46. The molecule has 0 amide bonds. The lowest BCUT2D eigenvalue weighted by molar-refractivity contribution is -0.137. The SMILES string of the molecule is CCOC(=O)C=Cc1cccc(S(N)(=O)=O)c1. The quantitative estimate of drug-likeness (QED) is 0.640. The van der Waals surface area contributed by atoms with Crippen LogP contribution in [-0.2, 0) is 19.6 Å². The van der Waals surface area contributed by atoms with Crippen LogP contribution in [0.5, 0.6) is 0 Å². The molecule has 0 unspecified atom stereocenters. The Morgan fingerprint density at radius 2 is 2.18 bits per heavy atom. The van der Waals surface area contributed by atoms with Crippen LogP contribution in [0.4, 0.5) is 0 Å². The normalized spacial score (nSPS) is 11.6. The Balaban J connectivity index is 2.90. The highest BCUT2D eigenvalue weighted by molar-refractivity contribution is 7.89. The van der Waals surface area contributed by atoms with Gasteiger partial charge in [-0.1, -0.05) is 12.1 Å². The van der Waals surface area contributed by atoms with Gasteiger partial charge in [0.2, 0.25) is 10.0 Å². The summed E-state index contributed by atoms with van der Waals surface area (Å²) in [6.45, 7) is 1.99. The fraction of sp³-hybridized carbons (Fsp3) is 0.182. The molecule has 0 radical (unpaired) electrons. The van der Waals surface area contributed by atoms with Crippen molar-refractivity contribution in [2.24, 2.45) is 5.14 Å². The average Bonchev–Trinajstić information content (AvgIpc) is 2.26. The summed E-state index contributed by atoms with van der Waals surface area (Å²) in [5.41, 5.74) is 0.560. The van der Waals surface area contributed by atoms with Gasteiger partial charge in [-0.2, -0.15) is 0 Å². The maximum Gasteiger partial charge on any atom is 0.330 e. The first-order chi connectivity index (χ1) is 7.93. The van der Waals surface area contributed by atoms with Crippen LogP contribution in [0, 0.1) is 0 Å². The van der Waals surface area contributed by atoms with Gasteiger partial charge in [0.1, 0.15) is 0 Å². The van der Waals surface area contributed by atoms with Gasteiger partial charge in [-0.15, -0.1) is 0 Å². The maximum atomic E-state index is 11.1. The average molecular weight is 255 g/mol. The maximum absolute atomic E-state index is 11.1. The molecule has 6 heteroatoms. The molecular formula is C11H13NO4S.